The van der Waals surface area contributed by atoms with Crippen LogP contribution in [0.4, 0.5) is 39.5 Å². The third-order valence-corrected chi connectivity index (χ3v) is 7.36. The molecule has 0 bridgehead atoms. The van der Waals surface area contributed by atoms with Crippen LogP contribution < -0.4 is 14.7 Å². The molecule has 1 aromatic carbocycles. The van der Waals surface area contributed by atoms with Crippen LogP contribution in [0.2, 0.25) is 0 Å². The number of benzene rings is 1. The van der Waals surface area contributed by atoms with Crippen LogP contribution in [0.3, 0.4) is 0 Å². The summed E-state index contributed by atoms with van der Waals surface area (Å²) < 4.78 is 69.1. The van der Waals surface area contributed by atoms with Crippen LogP contribution in [-0.4, -0.2) is 58.3 Å². The molecule has 2 aliphatic heterocycles. The van der Waals surface area contributed by atoms with Crippen LogP contribution in [0.25, 0.3) is 11.3 Å². The number of aliphatic hydroxyl groups is 1. The van der Waals surface area contributed by atoms with Crippen molar-refractivity contribution in [3.05, 3.63) is 59.3 Å². The number of nitrogens with zero attached hydrogens (tertiary/aromatic N) is 6. The fourth-order valence-corrected chi connectivity index (χ4v) is 5.27. The molecule has 2 fully saturated rings. The van der Waals surface area contributed by atoms with Crippen molar-refractivity contribution >= 4 is 17.6 Å². The van der Waals surface area contributed by atoms with E-state index in [0.29, 0.717) is 29.6 Å². The van der Waals surface area contributed by atoms with Crippen molar-refractivity contribution in [3.63, 3.8) is 0 Å². The van der Waals surface area contributed by atoms with E-state index >= 15 is 0 Å². The van der Waals surface area contributed by atoms with E-state index in [-0.39, 0.29) is 36.6 Å². The molecule has 2 aromatic heterocycles. The maximum absolute atomic E-state index is 14.1. The summed E-state index contributed by atoms with van der Waals surface area (Å²) >= 11 is 0. The highest BCUT2D eigenvalue weighted by Gasteiger charge is 2.38. The highest BCUT2D eigenvalue weighted by atomic mass is 19.4. The second-order valence-electron chi connectivity index (χ2n) is 10.1. The first kappa shape index (κ1) is 27.0. The minimum absolute atomic E-state index is 0.0900. The quantitative estimate of drug-likeness (QED) is 0.449. The summed E-state index contributed by atoms with van der Waals surface area (Å²) in [5, 5.41) is 9.30. The van der Waals surface area contributed by atoms with Crippen LogP contribution in [0, 0.1) is 11.6 Å². The number of hydrogen-bond donors (Lipinski definition) is 1. The third-order valence-electron chi connectivity index (χ3n) is 7.36. The van der Waals surface area contributed by atoms with Gasteiger partial charge >= 0.3 is 6.18 Å². The van der Waals surface area contributed by atoms with Gasteiger partial charge in [-0.25, -0.2) is 18.7 Å². The van der Waals surface area contributed by atoms with Gasteiger partial charge < -0.3 is 19.8 Å². The average molecular weight is 549 g/mol. The molecule has 39 heavy (non-hydrogen) atoms. The van der Waals surface area contributed by atoms with Gasteiger partial charge in [0.05, 0.1) is 17.9 Å². The van der Waals surface area contributed by atoms with Gasteiger partial charge in [-0.2, -0.15) is 18.2 Å². The van der Waals surface area contributed by atoms with Crippen LogP contribution in [0.1, 0.15) is 37.8 Å². The average Bonchev–Trinajstić information content (AvgIpc) is 3.34. The molecule has 2 atom stereocenters. The lowest BCUT2D eigenvalue weighted by Gasteiger charge is -2.42. The predicted molar refractivity (Wildman–Crippen MR) is 138 cm³/mol. The number of pyridine rings is 1. The van der Waals surface area contributed by atoms with Gasteiger partial charge in [-0.1, -0.05) is 0 Å². The maximum Gasteiger partial charge on any atom is 0.419 e. The van der Waals surface area contributed by atoms with Crippen LogP contribution in [-0.2, 0) is 12.8 Å². The third kappa shape index (κ3) is 5.47. The van der Waals surface area contributed by atoms with Crippen LogP contribution in [0.15, 0.2) is 36.5 Å². The number of halogens is 5. The molecule has 4 heterocycles. The number of aliphatic hydroxyl groups excluding tert-OH is 1. The van der Waals surface area contributed by atoms with Gasteiger partial charge in [-0.3, -0.25) is 0 Å². The van der Waals surface area contributed by atoms with E-state index in [1.54, 1.807) is 11.0 Å². The number of rotatable bonds is 5. The summed E-state index contributed by atoms with van der Waals surface area (Å²) in [5.41, 5.74) is 0.0398. The Hall–Kier alpha value is -3.54. The normalized spacial score (nSPS) is 20.2. The molecular weight excluding hydrogens is 519 g/mol. The lowest BCUT2D eigenvalue weighted by Crippen LogP contribution is -2.53. The Kier molecular flexibility index (Phi) is 7.32. The van der Waals surface area contributed by atoms with Gasteiger partial charge in [-0.15, -0.1) is 0 Å². The molecule has 0 unspecified atom stereocenters. The first-order valence-electron chi connectivity index (χ1n) is 12.8. The van der Waals surface area contributed by atoms with E-state index in [9.17, 15) is 27.1 Å². The van der Waals surface area contributed by atoms with E-state index in [0.717, 1.165) is 37.6 Å². The number of piperazine rings is 1. The molecule has 0 aliphatic carbocycles. The molecule has 12 heteroatoms. The molecule has 2 saturated heterocycles. The standard InChI is InChI=1S/C27H29F5N6O/c1-16-4-3-7-38(16)26-34-23(19-5-6-21(28)22(29)11-19)12-24(35-26)37-9-8-36(14-17(37)2)25-20(27(30,31)32)10-18(15-39)13-33-25/h5-6,10-13,16-17,39H,3-4,7-9,14-15H2,1-2H3/t16-,17-/m0/s1. The summed E-state index contributed by atoms with van der Waals surface area (Å²) in [7, 11) is 0. The van der Waals surface area contributed by atoms with Gasteiger partial charge in [0, 0.05) is 56.1 Å². The van der Waals surface area contributed by atoms with E-state index in [4.69, 9.17) is 4.98 Å². The predicted octanol–water partition coefficient (Wildman–Crippen LogP) is 5.03. The van der Waals surface area contributed by atoms with E-state index < -0.39 is 30.0 Å². The SMILES string of the molecule is C[C@H]1CN(c2ncc(CO)cc2C(F)(F)F)CCN1c1cc(-c2ccc(F)c(F)c2)nc(N2CCC[C@@H]2C)n1. The molecule has 208 valence electrons. The summed E-state index contributed by atoms with van der Waals surface area (Å²) in [6.45, 7) is 5.04. The van der Waals surface area contributed by atoms with E-state index in [2.05, 4.69) is 21.8 Å². The van der Waals surface area contributed by atoms with Crippen molar-refractivity contribution in [1.82, 2.24) is 15.0 Å². The summed E-state index contributed by atoms with van der Waals surface area (Å²) in [4.78, 5) is 19.2. The van der Waals surface area contributed by atoms with Crippen molar-refractivity contribution in [3.8, 4) is 11.3 Å². The fraction of sp³-hybridized carbons (Fsp3) is 0.444. The van der Waals surface area contributed by atoms with Crippen molar-refractivity contribution in [1.29, 1.82) is 0 Å². The Morgan fingerprint density at radius 2 is 1.74 bits per heavy atom. The molecule has 3 aromatic rings. The monoisotopic (exact) mass is 548 g/mol. The minimum Gasteiger partial charge on any atom is -0.392 e. The Labute approximate surface area is 222 Å². The van der Waals surface area contributed by atoms with Gasteiger partial charge in [0.2, 0.25) is 5.95 Å². The summed E-state index contributed by atoms with van der Waals surface area (Å²) in [6, 6.07) is 6.21. The van der Waals surface area contributed by atoms with Gasteiger partial charge in [0.15, 0.2) is 11.6 Å². The Balaban J connectivity index is 1.48. The lowest BCUT2D eigenvalue weighted by molar-refractivity contribution is -0.137. The topological polar surface area (TPSA) is 68.6 Å². The van der Waals surface area contributed by atoms with Crippen molar-refractivity contribution < 1.29 is 27.1 Å². The lowest BCUT2D eigenvalue weighted by atomic mass is 10.1. The van der Waals surface area contributed by atoms with Gasteiger partial charge in [0.25, 0.3) is 0 Å². The molecule has 1 N–H and O–H groups in total. The van der Waals surface area contributed by atoms with Crippen molar-refractivity contribution in [2.75, 3.05) is 40.9 Å². The number of anilines is 3. The molecule has 0 saturated carbocycles. The van der Waals surface area contributed by atoms with Crippen LogP contribution in [0.5, 0.6) is 0 Å². The first-order valence-corrected chi connectivity index (χ1v) is 12.8. The molecule has 0 radical (unpaired) electrons. The van der Waals surface area contributed by atoms with E-state index in [1.807, 2.05) is 11.8 Å². The zero-order valence-corrected chi connectivity index (χ0v) is 21.6. The number of hydrogen-bond acceptors (Lipinski definition) is 7. The summed E-state index contributed by atoms with van der Waals surface area (Å²) in [6.07, 6.45) is -1.41. The van der Waals surface area contributed by atoms with Gasteiger partial charge in [-0.05, 0) is 56.5 Å². The highest BCUT2D eigenvalue weighted by molar-refractivity contribution is 5.66. The minimum atomic E-state index is -4.62. The first-order chi connectivity index (χ1) is 18.5. The van der Waals surface area contributed by atoms with E-state index in [1.165, 1.54) is 12.3 Å². The van der Waals surface area contributed by atoms with Crippen LogP contribution >= 0.6 is 0 Å². The van der Waals surface area contributed by atoms with Crippen molar-refractivity contribution in [2.45, 2.75) is 51.6 Å². The molecule has 7 nitrogen and oxygen atoms in total. The zero-order chi connectivity index (χ0) is 27.9. The second kappa shape index (κ2) is 10.6. The Morgan fingerprint density at radius 3 is 2.38 bits per heavy atom. The summed E-state index contributed by atoms with van der Waals surface area (Å²) in [5.74, 6) is -1.07. The molecule has 5 rings (SSSR count). The molecule has 0 spiro atoms. The Bertz CT molecular complexity index is 1350. The molecule has 2 aliphatic rings. The molecule has 0 amide bonds. The smallest absolute Gasteiger partial charge is 0.392 e. The Morgan fingerprint density at radius 1 is 0.949 bits per heavy atom. The zero-order valence-electron chi connectivity index (χ0n) is 21.6. The highest BCUT2D eigenvalue weighted by Crippen LogP contribution is 2.37. The maximum atomic E-state index is 14.1. The largest absolute Gasteiger partial charge is 0.419 e. The number of aromatic nitrogens is 3. The van der Waals surface area contributed by atoms with Gasteiger partial charge in [0.1, 0.15) is 11.6 Å². The van der Waals surface area contributed by atoms with Crippen molar-refractivity contribution in [2.24, 2.45) is 0 Å². The fourth-order valence-electron chi connectivity index (χ4n) is 5.27. The molecular formula is C27H29F5N6O. The second-order valence-corrected chi connectivity index (χ2v) is 10.1. The number of alkyl halides is 3.